The van der Waals surface area contributed by atoms with E-state index in [2.05, 4.69) is 5.32 Å². The van der Waals surface area contributed by atoms with Gasteiger partial charge in [0.05, 0.1) is 11.9 Å². The summed E-state index contributed by atoms with van der Waals surface area (Å²) in [7, 11) is -3.44. The summed E-state index contributed by atoms with van der Waals surface area (Å²) in [6, 6.07) is 5.27. The lowest BCUT2D eigenvalue weighted by atomic mass is 10.2. The Kier molecular flexibility index (Phi) is 7.35. The Morgan fingerprint density at radius 2 is 2.04 bits per heavy atom. The Bertz CT molecular complexity index is 647. The average Bonchev–Trinajstić information content (AvgIpc) is 2.45. The molecule has 0 saturated heterocycles. The number of hydrogen-bond acceptors (Lipinski definition) is 3. The quantitative estimate of drug-likeness (QED) is 0.774. The molecule has 23 heavy (non-hydrogen) atoms. The van der Waals surface area contributed by atoms with E-state index in [1.165, 1.54) is 4.31 Å². The van der Waals surface area contributed by atoms with Gasteiger partial charge < -0.3 is 5.32 Å². The molecule has 0 aliphatic heterocycles. The zero-order valence-corrected chi connectivity index (χ0v) is 15.7. The van der Waals surface area contributed by atoms with Gasteiger partial charge in [-0.1, -0.05) is 24.6 Å². The first-order valence-electron chi connectivity index (χ1n) is 7.68. The summed E-state index contributed by atoms with van der Waals surface area (Å²) in [4.78, 5) is 11.8. The number of rotatable bonds is 8. The minimum atomic E-state index is -3.44. The third-order valence-corrected chi connectivity index (χ3v) is 5.04. The molecule has 0 aliphatic carbocycles. The summed E-state index contributed by atoms with van der Waals surface area (Å²) in [6.45, 7) is 6.02. The highest BCUT2D eigenvalue weighted by atomic mass is 35.5. The SMILES string of the molecule is CC[C@H](C)NC(=O)CCCN(c1cc(Cl)ccc1C)S(C)(=O)=O. The van der Waals surface area contributed by atoms with Crippen LogP contribution in [0.3, 0.4) is 0 Å². The first-order valence-corrected chi connectivity index (χ1v) is 9.91. The van der Waals surface area contributed by atoms with Crippen molar-refractivity contribution in [2.45, 2.75) is 46.1 Å². The molecule has 0 bridgehead atoms. The lowest BCUT2D eigenvalue weighted by Gasteiger charge is -2.24. The maximum absolute atomic E-state index is 12.1. The van der Waals surface area contributed by atoms with Crippen molar-refractivity contribution in [1.82, 2.24) is 5.32 Å². The van der Waals surface area contributed by atoms with E-state index in [0.29, 0.717) is 17.1 Å². The van der Waals surface area contributed by atoms with Crippen LogP contribution in [0, 0.1) is 6.92 Å². The molecular weight excluding hydrogens is 336 g/mol. The Morgan fingerprint density at radius 3 is 2.61 bits per heavy atom. The number of amides is 1. The van der Waals surface area contributed by atoms with Crippen molar-refractivity contribution in [3.05, 3.63) is 28.8 Å². The van der Waals surface area contributed by atoms with Crippen LogP contribution in [0.25, 0.3) is 0 Å². The predicted octanol–water partition coefficient (Wildman–Crippen LogP) is 3.11. The monoisotopic (exact) mass is 360 g/mol. The van der Waals surface area contributed by atoms with Gasteiger partial charge in [0.25, 0.3) is 0 Å². The number of carbonyl (C=O) groups excluding carboxylic acids is 1. The first-order chi connectivity index (χ1) is 10.6. The number of carbonyl (C=O) groups is 1. The highest BCUT2D eigenvalue weighted by molar-refractivity contribution is 7.92. The van der Waals surface area contributed by atoms with Crippen molar-refractivity contribution in [2.75, 3.05) is 17.1 Å². The zero-order valence-electron chi connectivity index (χ0n) is 14.1. The Morgan fingerprint density at radius 1 is 1.39 bits per heavy atom. The van der Waals surface area contributed by atoms with Gasteiger partial charge in [-0.2, -0.15) is 0 Å². The molecule has 1 amide bonds. The van der Waals surface area contributed by atoms with E-state index in [0.717, 1.165) is 18.2 Å². The highest BCUT2D eigenvalue weighted by Gasteiger charge is 2.19. The van der Waals surface area contributed by atoms with Gasteiger partial charge in [0.15, 0.2) is 0 Å². The molecule has 1 rings (SSSR count). The van der Waals surface area contributed by atoms with Gasteiger partial charge in [0.1, 0.15) is 0 Å². The minimum Gasteiger partial charge on any atom is -0.354 e. The van der Waals surface area contributed by atoms with E-state index in [1.807, 2.05) is 20.8 Å². The van der Waals surface area contributed by atoms with Gasteiger partial charge in [-0.15, -0.1) is 0 Å². The van der Waals surface area contributed by atoms with E-state index >= 15 is 0 Å². The van der Waals surface area contributed by atoms with Crippen LogP contribution in [0.1, 0.15) is 38.7 Å². The third-order valence-electron chi connectivity index (χ3n) is 3.63. The predicted molar refractivity (Wildman–Crippen MR) is 95.5 cm³/mol. The van der Waals surface area contributed by atoms with Crippen LogP contribution >= 0.6 is 11.6 Å². The topological polar surface area (TPSA) is 66.5 Å². The molecule has 0 aliphatic rings. The van der Waals surface area contributed by atoms with Crippen molar-refractivity contribution in [2.24, 2.45) is 0 Å². The average molecular weight is 361 g/mol. The second-order valence-electron chi connectivity index (χ2n) is 5.75. The van der Waals surface area contributed by atoms with Crippen molar-refractivity contribution in [3.8, 4) is 0 Å². The molecule has 0 saturated carbocycles. The number of benzene rings is 1. The molecule has 0 fully saturated rings. The van der Waals surface area contributed by atoms with Crippen LogP contribution in [-0.4, -0.2) is 33.2 Å². The van der Waals surface area contributed by atoms with Crippen LogP contribution in [0.15, 0.2) is 18.2 Å². The van der Waals surface area contributed by atoms with Gasteiger partial charge >= 0.3 is 0 Å². The van der Waals surface area contributed by atoms with Gasteiger partial charge in [-0.05, 0) is 44.4 Å². The van der Waals surface area contributed by atoms with E-state index in [4.69, 9.17) is 11.6 Å². The van der Waals surface area contributed by atoms with Crippen molar-refractivity contribution >= 4 is 33.2 Å². The molecule has 0 heterocycles. The van der Waals surface area contributed by atoms with E-state index in [1.54, 1.807) is 18.2 Å². The summed E-state index contributed by atoms with van der Waals surface area (Å²) in [5.41, 5.74) is 1.38. The molecule has 1 N–H and O–H groups in total. The fraction of sp³-hybridized carbons (Fsp3) is 0.562. The maximum atomic E-state index is 12.1. The minimum absolute atomic E-state index is 0.0596. The molecule has 5 nitrogen and oxygen atoms in total. The number of nitrogens with zero attached hydrogens (tertiary/aromatic N) is 1. The molecule has 1 aromatic rings. The van der Waals surface area contributed by atoms with E-state index in [-0.39, 0.29) is 24.9 Å². The lowest BCUT2D eigenvalue weighted by molar-refractivity contribution is -0.121. The molecule has 1 aromatic carbocycles. The van der Waals surface area contributed by atoms with Crippen molar-refractivity contribution in [3.63, 3.8) is 0 Å². The first kappa shape index (κ1) is 19.8. The van der Waals surface area contributed by atoms with Gasteiger partial charge in [-0.25, -0.2) is 8.42 Å². The molecule has 130 valence electrons. The molecular formula is C16H25ClN2O3S. The number of nitrogens with one attached hydrogen (secondary N) is 1. The van der Waals surface area contributed by atoms with Gasteiger partial charge in [0.2, 0.25) is 15.9 Å². The smallest absolute Gasteiger partial charge is 0.232 e. The molecule has 0 radical (unpaired) electrons. The fourth-order valence-corrected chi connectivity index (χ4v) is 3.33. The normalized spacial score (nSPS) is 12.7. The second-order valence-corrected chi connectivity index (χ2v) is 8.09. The lowest BCUT2D eigenvalue weighted by Crippen LogP contribution is -2.34. The third kappa shape index (κ3) is 6.39. The number of aryl methyl sites for hydroxylation is 1. The molecule has 0 spiro atoms. The van der Waals surface area contributed by atoms with Crippen LogP contribution in [0.4, 0.5) is 5.69 Å². The Labute approximate surface area is 144 Å². The van der Waals surface area contributed by atoms with E-state index < -0.39 is 10.0 Å². The number of hydrogen-bond donors (Lipinski definition) is 1. The Balaban J connectivity index is 2.78. The number of anilines is 1. The summed E-state index contributed by atoms with van der Waals surface area (Å²) < 4.78 is 25.5. The van der Waals surface area contributed by atoms with Crippen molar-refractivity contribution < 1.29 is 13.2 Å². The maximum Gasteiger partial charge on any atom is 0.232 e. The number of halogens is 1. The molecule has 1 atom stereocenters. The fourth-order valence-electron chi connectivity index (χ4n) is 2.15. The second kappa shape index (κ2) is 8.55. The van der Waals surface area contributed by atoms with Gasteiger partial charge in [-0.3, -0.25) is 9.10 Å². The summed E-state index contributed by atoms with van der Waals surface area (Å²) in [5.74, 6) is -0.0596. The molecule has 0 aromatic heterocycles. The summed E-state index contributed by atoms with van der Waals surface area (Å²) in [5, 5.41) is 3.35. The summed E-state index contributed by atoms with van der Waals surface area (Å²) in [6.07, 6.45) is 2.76. The summed E-state index contributed by atoms with van der Waals surface area (Å²) >= 11 is 5.98. The van der Waals surface area contributed by atoms with E-state index in [9.17, 15) is 13.2 Å². The zero-order chi connectivity index (χ0) is 17.6. The van der Waals surface area contributed by atoms with Gasteiger partial charge in [0, 0.05) is 24.0 Å². The van der Waals surface area contributed by atoms with Crippen molar-refractivity contribution in [1.29, 1.82) is 0 Å². The highest BCUT2D eigenvalue weighted by Crippen LogP contribution is 2.26. The Hall–Kier alpha value is -1.27. The van der Waals surface area contributed by atoms with Crippen LogP contribution < -0.4 is 9.62 Å². The van der Waals surface area contributed by atoms with Crippen LogP contribution in [-0.2, 0) is 14.8 Å². The molecule has 7 heteroatoms. The van der Waals surface area contributed by atoms with Crippen LogP contribution in [0.2, 0.25) is 5.02 Å². The van der Waals surface area contributed by atoms with Crippen LogP contribution in [0.5, 0.6) is 0 Å². The number of sulfonamides is 1. The largest absolute Gasteiger partial charge is 0.354 e. The standard InChI is InChI=1S/C16H25ClN2O3S/c1-5-13(3)18-16(20)7-6-10-19(23(4,21)22)15-11-14(17)9-8-12(15)2/h8-9,11,13H,5-7,10H2,1-4H3,(H,18,20)/t13-/m0/s1. The molecule has 0 unspecified atom stereocenters.